The molecule has 0 aliphatic carbocycles. The Kier molecular flexibility index (Phi) is 3.36. The smallest absolute Gasteiger partial charge is 0.223 e. The molecule has 0 spiro atoms. The molecule has 22 heavy (non-hydrogen) atoms. The molecule has 0 amide bonds. The van der Waals surface area contributed by atoms with Gasteiger partial charge >= 0.3 is 0 Å². The summed E-state index contributed by atoms with van der Waals surface area (Å²) < 4.78 is 0. The van der Waals surface area contributed by atoms with Crippen LogP contribution in [0.4, 0.5) is 11.8 Å². The summed E-state index contributed by atoms with van der Waals surface area (Å²) in [5.74, 6) is 1.27. The lowest BCUT2D eigenvalue weighted by Gasteiger charge is -2.29. The Hall–Kier alpha value is -2.25. The van der Waals surface area contributed by atoms with Crippen LogP contribution in [0.1, 0.15) is 0 Å². The minimum Gasteiger partial charge on any atom is -0.368 e. The first kappa shape index (κ1) is 13.4. The predicted octanol–water partition coefficient (Wildman–Crippen LogP) is 1.75. The monoisotopic (exact) mass is 312 g/mol. The van der Waals surface area contributed by atoms with E-state index < -0.39 is 0 Å². The average Bonchev–Trinajstić information content (AvgIpc) is 2.99. The highest BCUT2D eigenvalue weighted by molar-refractivity contribution is 7.17. The lowest BCUT2D eigenvalue weighted by Crippen LogP contribution is -2.44. The van der Waals surface area contributed by atoms with Gasteiger partial charge in [0.2, 0.25) is 5.95 Å². The molecule has 0 aromatic carbocycles. The zero-order chi connectivity index (χ0) is 14.9. The van der Waals surface area contributed by atoms with E-state index in [1.54, 1.807) is 17.5 Å². The first-order chi connectivity index (χ1) is 10.8. The van der Waals surface area contributed by atoms with Crippen LogP contribution in [-0.4, -0.2) is 41.1 Å². The van der Waals surface area contributed by atoms with Gasteiger partial charge in [0.1, 0.15) is 10.6 Å². The second kappa shape index (κ2) is 5.51. The van der Waals surface area contributed by atoms with Crippen molar-refractivity contribution in [1.82, 2.24) is 20.3 Å². The molecule has 3 N–H and O–H groups in total. The second-order valence-corrected chi connectivity index (χ2v) is 6.07. The Balaban J connectivity index is 1.92. The van der Waals surface area contributed by atoms with Gasteiger partial charge < -0.3 is 16.0 Å². The van der Waals surface area contributed by atoms with Crippen LogP contribution in [0.3, 0.4) is 0 Å². The highest BCUT2D eigenvalue weighted by Crippen LogP contribution is 2.38. The molecule has 0 bridgehead atoms. The van der Waals surface area contributed by atoms with Crippen LogP contribution < -0.4 is 16.0 Å². The van der Waals surface area contributed by atoms with E-state index in [0.29, 0.717) is 5.95 Å². The number of nitrogen functional groups attached to an aromatic ring is 1. The van der Waals surface area contributed by atoms with Gasteiger partial charge in [0.25, 0.3) is 0 Å². The Morgan fingerprint density at radius 3 is 2.86 bits per heavy atom. The van der Waals surface area contributed by atoms with E-state index in [-0.39, 0.29) is 0 Å². The van der Waals surface area contributed by atoms with Gasteiger partial charge in [-0.25, -0.2) is 4.98 Å². The van der Waals surface area contributed by atoms with Gasteiger partial charge in [-0.1, -0.05) is 6.07 Å². The molecule has 0 radical (unpaired) electrons. The van der Waals surface area contributed by atoms with Crippen LogP contribution >= 0.6 is 11.3 Å². The number of fused-ring (bicyclic) bond motifs is 1. The number of nitrogens with one attached hydrogen (secondary N) is 1. The third-order valence-electron chi connectivity index (χ3n) is 3.82. The number of piperazine rings is 1. The van der Waals surface area contributed by atoms with E-state index in [9.17, 15) is 0 Å². The van der Waals surface area contributed by atoms with Crippen LogP contribution in [0.15, 0.2) is 29.9 Å². The first-order valence-corrected chi connectivity index (χ1v) is 8.11. The van der Waals surface area contributed by atoms with Gasteiger partial charge in [0.05, 0.1) is 5.39 Å². The topological polar surface area (TPSA) is 80.0 Å². The number of aromatic nitrogens is 3. The standard InChI is InChI=1S/C15H16N6S/c16-15-19-13(21-6-4-17-5-7-21)12-11(9-22-14(12)20-15)10-2-1-3-18-8-10/h1-3,8-9,17H,4-7H2,(H2,16,19,20). The number of nitrogens with two attached hydrogens (primary N) is 1. The van der Waals surface area contributed by atoms with Gasteiger partial charge in [0, 0.05) is 55.1 Å². The molecule has 0 atom stereocenters. The maximum atomic E-state index is 5.91. The number of rotatable bonds is 2. The van der Waals surface area contributed by atoms with Crippen LogP contribution in [-0.2, 0) is 0 Å². The van der Waals surface area contributed by atoms with Gasteiger partial charge in [-0.05, 0) is 6.07 Å². The molecular weight excluding hydrogens is 296 g/mol. The molecule has 7 heteroatoms. The molecule has 3 aromatic heterocycles. The first-order valence-electron chi connectivity index (χ1n) is 7.24. The Morgan fingerprint density at radius 1 is 1.23 bits per heavy atom. The van der Waals surface area contributed by atoms with Gasteiger partial charge in [-0.15, -0.1) is 11.3 Å². The average molecular weight is 312 g/mol. The predicted molar refractivity (Wildman–Crippen MR) is 90.1 cm³/mol. The van der Waals surface area contributed by atoms with E-state index in [1.165, 1.54) is 0 Å². The Morgan fingerprint density at radius 2 is 2.09 bits per heavy atom. The largest absolute Gasteiger partial charge is 0.368 e. The molecule has 1 aliphatic rings. The third kappa shape index (κ3) is 2.28. The third-order valence-corrected chi connectivity index (χ3v) is 4.69. The minimum absolute atomic E-state index is 0.334. The van der Waals surface area contributed by atoms with E-state index in [4.69, 9.17) is 5.73 Å². The minimum atomic E-state index is 0.334. The van der Waals surface area contributed by atoms with Crippen LogP contribution in [0.25, 0.3) is 21.3 Å². The van der Waals surface area contributed by atoms with Crippen LogP contribution in [0.2, 0.25) is 0 Å². The molecule has 1 fully saturated rings. The molecular formula is C15H16N6S. The van der Waals surface area contributed by atoms with Crippen LogP contribution in [0.5, 0.6) is 0 Å². The summed E-state index contributed by atoms with van der Waals surface area (Å²) in [5, 5.41) is 6.55. The summed E-state index contributed by atoms with van der Waals surface area (Å²) in [6.45, 7) is 3.76. The normalized spacial score (nSPS) is 15.4. The van der Waals surface area contributed by atoms with E-state index in [1.807, 2.05) is 12.3 Å². The summed E-state index contributed by atoms with van der Waals surface area (Å²) in [4.78, 5) is 16.4. The molecule has 112 valence electrons. The molecule has 1 aliphatic heterocycles. The SMILES string of the molecule is Nc1nc(N2CCNCC2)c2c(-c3cccnc3)csc2n1. The van der Waals surface area contributed by atoms with Crippen molar-refractivity contribution in [2.24, 2.45) is 0 Å². The van der Waals surface area contributed by atoms with Crippen molar-refractivity contribution in [1.29, 1.82) is 0 Å². The summed E-state index contributed by atoms with van der Waals surface area (Å²) in [5.41, 5.74) is 8.12. The van der Waals surface area contributed by atoms with E-state index in [0.717, 1.165) is 53.3 Å². The zero-order valence-electron chi connectivity index (χ0n) is 12.0. The highest BCUT2D eigenvalue weighted by Gasteiger charge is 2.20. The molecule has 4 heterocycles. The number of anilines is 2. The van der Waals surface area contributed by atoms with Gasteiger partial charge in [0.15, 0.2) is 0 Å². The molecule has 0 saturated carbocycles. The van der Waals surface area contributed by atoms with E-state index in [2.05, 4.69) is 36.6 Å². The lowest BCUT2D eigenvalue weighted by atomic mass is 10.1. The summed E-state index contributed by atoms with van der Waals surface area (Å²) in [7, 11) is 0. The van der Waals surface area contributed by atoms with Crippen molar-refractivity contribution in [3.05, 3.63) is 29.9 Å². The maximum Gasteiger partial charge on any atom is 0.223 e. The van der Waals surface area contributed by atoms with E-state index >= 15 is 0 Å². The number of nitrogens with zero attached hydrogens (tertiary/aromatic N) is 4. The van der Waals surface area contributed by atoms with Crippen molar-refractivity contribution >= 4 is 33.3 Å². The summed E-state index contributed by atoms with van der Waals surface area (Å²) in [6.07, 6.45) is 3.66. The van der Waals surface area contributed by atoms with Gasteiger partial charge in [-0.3, -0.25) is 4.98 Å². The maximum absolute atomic E-state index is 5.91. The Labute approximate surface area is 132 Å². The fourth-order valence-electron chi connectivity index (χ4n) is 2.78. The Bertz CT molecular complexity index is 794. The fraction of sp³-hybridized carbons (Fsp3) is 0.267. The number of hydrogen-bond acceptors (Lipinski definition) is 7. The van der Waals surface area contributed by atoms with Crippen LogP contribution in [0, 0.1) is 0 Å². The fourth-order valence-corrected chi connectivity index (χ4v) is 3.73. The number of pyridine rings is 1. The van der Waals surface area contributed by atoms with Crippen molar-refractivity contribution in [2.45, 2.75) is 0 Å². The quantitative estimate of drug-likeness (QED) is 0.750. The number of thiophene rings is 1. The van der Waals surface area contributed by atoms with Crippen molar-refractivity contribution < 1.29 is 0 Å². The molecule has 6 nitrogen and oxygen atoms in total. The molecule has 4 rings (SSSR count). The van der Waals surface area contributed by atoms with Crippen molar-refractivity contribution in [2.75, 3.05) is 36.8 Å². The zero-order valence-corrected chi connectivity index (χ0v) is 12.8. The van der Waals surface area contributed by atoms with Crippen molar-refractivity contribution in [3.63, 3.8) is 0 Å². The molecule has 0 unspecified atom stereocenters. The van der Waals surface area contributed by atoms with Gasteiger partial charge in [-0.2, -0.15) is 4.98 Å². The van der Waals surface area contributed by atoms with Crippen molar-refractivity contribution in [3.8, 4) is 11.1 Å². The highest BCUT2D eigenvalue weighted by atomic mass is 32.1. The molecule has 1 saturated heterocycles. The molecule has 3 aromatic rings. The lowest BCUT2D eigenvalue weighted by molar-refractivity contribution is 0.586. The second-order valence-electron chi connectivity index (χ2n) is 5.21. The number of hydrogen-bond donors (Lipinski definition) is 2. The summed E-state index contributed by atoms with van der Waals surface area (Å²) in [6, 6.07) is 4.01. The summed E-state index contributed by atoms with van der Waals surface area (Å²) >= 11 is 1.60.